The van der Waals surface area contributed by atoms with Crippen molar-refractivity contribution in [3.8, 4) is 0 Å². The van der Waals surface area contributed by atoms with E-state index in [2.05, 4.69) is 5.32 Å². The summed E-state index contributed by atoms with van der Waals surface area (Å²) >= 11 is 6.01. The van der Waals surface area contributed by atoms with Gasteiger partial charge in [-0.15, -0.1) is 0 Å². The van der Waals surface area contributed by atoms with Gasteiger partial charge in [0.05, 0.1) is 0 Å². The van der Waals surface area contributed by atoms with E-state index in [1.165, 1.54) is 4.90 Å². The number of halogens is 1. The molecule has 1 N–H and O–H groups in total. The number of nitrogens with one attached hydrogen (secondary N) is 1. The molecule has 0 spiro atoms. The molecule has 4 nitrogen and oxygen atoms in total. The van der Waals surface area contributed by atoms with Crippen molar-refractivity contribution in [1.82, 2.24) is 5.32 Å². The van der Waals surface area contributed by atoms with Gasteiger partial charge in [-0.1, -0.05) is 38.4 Å². The van der Waals surface area contributed by atoms with E-state index in [4.69, 9.17) is 11.6 Å². The fourth-order valence-electron chi connectivity index (χ4n) is 2.31. The van der Waals surface area contributed by atoms with Crippen molar-refractivity contribution >= 4 is 29.1 Å². The molecule has 1 aromatic rings. The van der Waals surface area contributed by atoms with E-state index in [0.717, 1.165) is 5.56 Å². The van der Waals surface area contributed by atoms with Crippen LogP contribution >= 0.6 is 11.6 Å². The first-order valence-corrected chi connectivity index (χ1v) is 6.95. The number of aryl methyl sites for hydroxylation is 1. The summed E-state index contributed by atoms with van der Waals surface area (Å²) in [6, 6.07) is 4.83. The number of carbonyl (C=O) groups excluding carboxylic acids is 2. The van der Waals surface area contributed by atoms with E-state index in [-0.39, 0.29) is 23.8 Å². The van der Waals surface area contributed by atoms with E-state index in [9.17, 15) is 9.59 Å². The van der Waals surface area contributed by atoms with Gasteiger partial charge in [-0.3, -0.25) is 9.59 Å². The number of hydrogen-bond donors (Lipinski definition) is 1. The SMILES string of the molecule is Cc1ccc(Cl)cc1N1CC(=O)NC(C(C)(C)C)C1=O. The standard InChI is InChI=1S/C15H19ClN2O2/c1-9-5-6-10(16)7-11(9)18-8-12(19)17-13(14(18)20)15(2,3)4/h5-7,13H,8H2,1-4H3,(H,17,19). The van der Waals surface area contributed by atoms with Crippen LogP contribution in [0.25, 0.3) is 0 Å². The third-order valence-corrected chi connectivity index (χ3v) is 3.68. The molecule has 2 amide bonds. The van der Waals surface area contributed by atoms with Gasteiger partial charge < -0.3 is 10.2 Å². The van der Waals surface area contributed by atoms with Gasteiger partial charge in [0, 0.05) is 10.7 Å². The predicted octanol–water partition coefficient (Wildman–Crippen LogP) is 2.53. The molecule has 0 bridgehead atoms. The molecule has 1 aliphatic heterocycles. The second-order valence-corrected chi connectivity index (χ2v) is 6.66. The van der Waals surface area contributed by atoms with Crippen molar-refractivity contribution in [2.75, 3.05) is 11.4 Å². The highest BCUT2D eigenvalue weighted by Gasteiger charge is 2.40. The minimum Gasteiger partial charge on any atom is -0.342 e. The third kappa shape index (κ3) is 2.80. The van der Waals surface area contributed by atoms with Crippen LogP contribution in [0, 0.1) is 12.3 Å². The highest BCUT2D eigenvalue weighted by molar-refractivity contribution is 6.31. The lowest BCUT2D eigenvalue weighted by atomic mass is 9.84. The molecule has 1 heterocycles. The Morgan fingerprint density at radius 1 is 1.30 bits per heavy atom. The maximum Gasteiger partial charge on any atom is 0.250 e. The highest BCUT2D eigenvalue weighted by Crippen LogP contribution is 2.29. The molecule has 0 aliphatic carbocycles. The molecule has 1 aromatic carbocycles. The predicted molar refractivity (Wildman–Crippen MR) is 79.9 cm³/mol. The molecule has 0 radical (unpaired) electrons. The molecule has 0 saturated carbocycles. The van der Waals surface area contributed by atoms with Crippen LogP contribution in [-0.2, 0) is 9.59 Å². The molecule has 1 saturated heterocycles. The topological polar surface area (TPSA) is 49.4 Å². The Morgan fingerprint density at radius 2 is 1.95 bits per heavy atom. The first-order valence-electron chi connectivity index (χ1n) is 6.57. The van der Waals surface area contributed by atoms with Gasteiger partial charge in [-0.05, 0) is 30.0 Å². The van der Waals surface area contributed by atoms with Crippen LogP contribution in [0.15, 0.2) is 18.2 Å². The first kappa shape index (κ1) is 14.9. The van der Waals surface area contributed by atoms with Crippen LogP contribution in [0.5, 0.6) is 0 Å². The van der Waals surface area contributed by atoms with Crippen LogP contribution in [0.2, 0.25) is 5.02 Å². The number of amides is 2. The number of nitrogens with zero attached hydrogens (tertiary/aromatic N) is 1. The lowest BCUT2D eigenvalue weighted by Crippen LogP contribution is -2.62. The van der Waals surface area contributed by atoms with Crippen LogP contribution < -0.4 is 10.2 Å². The average Bonchev–Trinajstić information content (AvgIpc) is 2.33. The number of piperazine rings is 1. The summed E-state index contributed by atoms with van der Waals surface area (Å²) in [6.07, 6.45) is 0. The number of benzene rings is 1. The third-order valence-electron chi connectivity index (χ3n) is 3.45. The van der Waals surface area contributed by atoms with Crippen LogP contribution in [0.1, 0.15) is 26.3 Å². The van der Waals surface area contributed by atoms with E-state index in [1.807, 2.05) is 33.8 Å². The van der Waals surface area contributed by atoms with Crippen molar-refractivity contribution < 1.29 is 9.59 Å². The Bertz CT molecular complexity index is 563. The van der Waals surface area contributed by atoms with E-state index in [0.29, 0.717) is 10.7 Å². The zero-order valence-electron chi connectivity index (χ0n) is 12.2. The summed E-state index contributed by atoms with van der Waals surface area (Å²) in [5.41, 5.74) is 1.29. The van der Waals surface area contributed by atoms with Crippen molar-refractivity contribution in [1.29, 1.82) is 0 Å². The molecule has 108 valence electrons. The van der Waals surface area contributed by atoms with Crippen molar-refractivity contribution in [2.45, 2.75) is 33.7 Å². The fraction of sp³-hybridized carbons (Fsp3) is 0.467. The molecule has 1 unspecified atom stereocenters. The molecule has 1 fully saturated rings. The Hall–Kier alpha value is -1.55. The molecule has 20 heavy (non-hydrogen) atoms. The van der Waals surface area contributed by atoms with Gasteiger partial charge in [-0.2, -0.15) is 0 Å². The normalized spacial score (nSPS) is 20.1. The average molecular weight is 295 g/mol. The maximum absolute atomic E-state index is 12.6. The zero-order valence-corrected chi connectivity index (χ0v) is 12.9. The van der Waals surface area contributed by atoms with Crippen LogP contribution in [0.3, 0.4) is 0 Å². The van der Waals surface area contributed by atoms with E-state index >= 15 is 0 Å². The molecular weight excluding hydrogens is 276 g/mol. The van der Waals surface area contributed by atoms with Gasteiger partial charge in [0.2, 0.25) is 5.91 Å². The van der Waals surface area contributed by atoms with E-state index in [1.54, 1.807) is 12.1 Å². The lowest BCUT2D eigenvalue weighted by Gasteiger charge is -2.39. The van der Waals surface area contributed by atoms with Gasteiger partial charge >= 0.3 is 0 Å². The lowest BCUT2D eigenvalue weighted by molar-refractivity contribution is -0.133. The number of hydrogen-bond acceptors (Lipinski definition) is 2. The minimum atomic E-state index is -0.526. The fourth-order valence-corrected chi connectivity index (χ4v) is 2.48. The van der Waals surface area contributed by atoms with Crippen molar-refractivity contribution in [3.05, 3.63) is 28.8 Å². The van der Waals surface area contributed by atoms with Gasteiger partial charge in [-0.25, -0.2) is 0 Å². The van der Waals surface area contributed by atoms with Crippen LogP contribution in [-0.4, -0.2) is 24.4 Å². The summed E-state index contributed by atoms with van der Waals surface area (Å²) in [5, 5.41) is 3.33. The van der Waals surface area contributed by atoms with Gasteiger partial charge in [0.15, 0.2) is 0 Å². The Morgan fingerprint density at radius 3 is 2.55 bits per heavy atom. The highest BCUT2D eigenvalue weighted by atomic mass is 35.5. The molecule has 1 atom stereocenters. The summed E-state index contributed by atoms with van der Waals surface area (Å²) in [5.74, 6) is -0.244. The molecule has 0 aromatic heterocycles. The monoisotopic (exact) mass is 294 g/mol. The number of carbonyl (C=O) groups is 2. The largest absolute Gasteiger partial charge is 0.342 e. The number of rotatable bonds is 1. The Kier molecular flexibility index (Phi) is 3.78. The smallest absolute Gasteiger partial charge is 0.250 e. The van der Waals surface area contributed by atoms with Crippen molar-refractivity contribution in [3.63, 3.8) is 0 Å². The quantitative estimate of drug-likeness (QED) is 0.865. The van der Waals surface area contributed by atoms with Gasteiger partial charge in [0.25, 0.3) is 5.91 Å². The molecular formula is C15H19ClN2O2. The number of anilines is 1. The van der Waals surface area contributed by atoms with Gasteiger partial charge in [0.1, 0.15) is 12.6 Å². The second-order valence-electron chi connectivity index (χ2n) is 6.22. The molecule has 5 heteroatoms. The Balaban J connectivity index is 2.43. The second kappa shape index (κ2) is 5.09. The molecule has 2 rings (SSSR count). The minimum absolute atomic E-state index is 0.0343. The first-order chi connectivity index (χ1) is 9.20. The maximum atomic E-state index is 12.6. The Labute approximate surface area is 124 Å². The summed E-state index contributed by atoms with van der Waals surface area (Å²) in [4.78, 5) is 26.1. The van der Waals surface area contributed by atoms with E-state index < -0.39 is 6.04 Å². The zero-order chi connectivity index (χ0) is 15.1. The summed E-state index contributed by atoms with van der Waals surface area (Å²) in [6.45, 7) is 7.74. The molecule has 1 aliphatic rings. The van der Waals surface area contributed by atoms with Crippen molar-refractivity contribution in [2.24, 2.45) is 5.41 Å². The van der Waals surface area contributed by atoms with Crippen LogP contribution in [0.4, 0.5) is 5.69 Å². The summed E-state index contributed by atoms with van der Waals surface area (Å²) < 4.78 is 0. The summed E-state index contributed by atoms with van der Waals surface area (Å²) in [7, 11) is 0.